The lowest BCUT2D eigenvalue weighted by molar-refractivity contribution is -0.213. The molecule has 1 aliphatic heterocycles. The summed E-state index contributed by atoms with van der Waals surface area (Å²) in [4.78, 5) is 70.0. The predicted molar refractivity (Wildman–Crippen MR) is 198 cm³/mol. The van der Waals surface area contributed by atoms with Crippen LogP contribution in [0.15, 0.2) is 25.3 Å². The molecule has 1 N–H and O–H groups in total. The number of carbonyl (C=O) groups is 4. The molecule has 5 fully saturated rings. The largest absolute Gasteiger partial charge is 0.519 e. The van der Waals surface area contributed by atoms with E-state index < -0.39 is 45.5 Å². The third-order valence-electron chi connectivity index (χ3n) is 16.9. The molecule has 1 aromatic heterocycles. The second-order valence-corrected chi connectivity index (χ2v) is 19.8. The summed E-state index contributed by atoms with van der Waals surface area (Å²) >= 11 is 0. The number of rotatable bonds is 7. The van der Waals surface area contributed by atoms with Crippen LogP contribution in [0.5, 0.6) is 0 Å². The van der Waals surface area contributed by atoms with Gasteiger partial charge in [-0.3, -0.25) is 24.1 Å². The van der Waals surface area contributed by atoms with Crippen molar-refractivity contribution in [1.29, 1.82) is 0 Å². The van der Waals surface area contributed by atoms with Crippen LogP contribution in [0.1, 0.15) is 143 Å². The van der Waals surface area contributed by atoms with Crippen LogP contribution in [0.4, 0.5) is 0 Å². The first-order chi connectivity index (χ1) is 25.2. The Kier molecular flexibility index (Phi) is 9.34. The van der Waals surface area contributed by atoms with Crippen LogP contribution in [0.2, 0.25) is 0 Å². The molecule has 54 heavy (non-hydrogen) atoms. The summed E-state index contributed by atoms with van der Waals surface area (Å²) in [5.41, 5.74) is -2.16. The van der Waals surface area contributed by atoms with Crippen LogP contribution < -0.4 is 5.82 Å². The Morgan fingerprint density at radius 3 is 2.31 bits per heavy atom. The van der Waals surface area contributed by atoms with Crippen molar-refractivity contribution >= 4 is 23.7 Å². The van der Waals surface area contributed by atoms with E-state index in [1.54, 1.807) is 0 Å². The molecule has 298 valence electrons. The molecule has 2 heterocycles. The van der Waals surface area contributed by atoms with E-state index in [2.05, 4.69) is 32.6 Å². The Balaban J connectivity index is 1.29. The molecule has 0 bridgehead atoms. The fraction of sp³-hybridized carbons (Fsp3) is 0.791. The Labute approximate surface area is 318 Å². The van der Waals surface area contributed by atoms with E-state index in [0.717, 1.165) is 37.7 Å². The van der Waals surface area contributed by atoms with Crippen LogP contribution in [0.25, 0.3) is 0 Å². The maximum absolute atomic E-state index is 15.0. The van der Waals surface area contributed by atoms with Crippen LogP contribution in [0.3, 0.4) is 0 Å². The van der Waals surface area contributed by atoms with Crippen molar-refractivity contribution < 1.29 is 42.6 Å². The number of ketones is 1. The minimum Gasteiger partial charge on any atom is -0.481 e. The number of carboxylic acids is 1. The van der Waals surface area contributed by atoms with Gasteiger partial charge in [0, 0.05) is 17.9 Å². The molecule has 4 saturated carbocycles. The average Bonchev–Trinajstić information content (AvgIpc) is 3.75. The second-order valence-electron chi connectivity index (χ2n) is 19.8. The Hall–Kier alpha value is -3.21. The van der Waals surface area contributed by atoms with Crippen molar-refractivity contribution in [2.24, 2.45) is 50.2 Å². The number of ether oxygens (including phenoxy) is 2. The summed E-state index contributed by atoms with van der Waals surface area (Å²) in [5.74, 6) is -2.49. The van der Waals surface area contributed by atoms with Gasteiger partial charge in [-0.2, -0.15) is 0 Å². The number of likely N-dealkylation sites (tertiary alicyclic amines) is 1. The minimum atomic E-state index is -1.12. The van der Waals surface area contributed by atoms with E-state index in [1.165, 1.54) is 7.11 Å². The Morgan fingerprint density at radius 1 is 0.944 bits per heavy atom. The standard InChI is InChI=1S/C43H61NO10/c1-24(2)32-29(53-37(50)54-32)23-52-36(49)43(8)30-12-15-42(7)33(40(30,5)14-13-31(43)44-20-10-11-27(44)34(46)51-9)28(45)21-25-26-22-39(4,35(47)48)17-16-38(26,3)18-19-41(25,42)6/h21,24,26-27,30-31,33H,10-20,22-23H2,1-9H3,(H,47,48)/t26-,27-,30?,31-,33+,38+,39-,40-,41+,42+,43-/m0/s1. The number of allylic oxidation sites excluding steroid dienone is 2. The van der Waals surface area contributed by atoms with Crippen LogP contribution in [0, 0.1) is 50.2 Å². The quantitative estimate of drug-likeness (QED) is 0.277. The van der Waals surface area contributed by atoms with E-state index in [1.807, 2.05) is 33.8 Å². The molecule has 1 unspecified atom stereocenters. The minimum absolute atomic E-state index is 0.0125. The highest BCUT2D eigenvalue weighted by Gasteiger charge is 2.72. The predicted octanol–water partition coefficient (Wildman–Crippen LogP) is 7.45. The number of carboxylic acid groups (broad SMARTS) is 1. The number of aliphatic carboxylic acids is 1. The van der Waals surface area contributed by atoms with E-state index in [9.17, 15) is 24.3 Å². The van der Waals surface area contributed by atoms with Gasteiger partial charge in [-0.15, -0.1) is 0 Å². The monoisotopic (exact) mass is 751 g/mol. The number of carbonyl (C=O) groups excluding carboxylic acids is 3. The van der Waals surface area contributed by atoms with Gasteiger partial charge < -0.3 is 23.4 Å². The maximum Gasteiger partial charge on any atom is 0.519 e. The molecule has 0 spiro atoms. The molecule has 0 amide bonds. The molecule has 1 aromatic rings. The highest BCUT2D eigenvalue weighted by atomic mass is 16.6. The third kappa shape index (κ3) is 5.39. The van der Waals surface area contributed by atoms with E-state index >= 15 is 4.79 Å². The van der Waals surface area contributed by atoms with Gasteiger partial charge in [0.2, 0.25) is 0 Å². The molecule has 0 aromatic carbocycles. The molecular weight excluding hydrogens is 690 g/mol. The van der Waals surface area contributed by atoms with Gasteiger partial charge in [0.25, 0.3) is 0 Å². The molecule has 6 aliphatic rings. The number of hydrogen-bond acceptors (Lipinski definition) is 10. The van der Waals surface area contributed by atoms with Gasteiger partial charge in [0.15, 0.2) is 23.9 Å². The van der Waals surface area contributed by atoms with Crippen molar-refractivity contribution in [3.05, 3.63) is 33.8 Å². The van der Waals surface area contributed by atoms with Crippen molar-refractivity contribution in [2.45, 2.75) is 151 Å². The van der Waals surface area contributed by atoms with Crippen LogP contribution in [-0.2, 0) is 35.3 Å². The first-order valence-corrected chi connectivity index (χ1v) is 20.3. The zero-order chi connectivity index (χ0) is 39.4. The number of methoxy groups -OCH3 is 1. The van der Waals surface area contributed by atoms with Crippen molar-refractivity contribution in [2.75, 3.05) is 13.7 Å². The smallest absolute Gasteiger partial charge is 0.481 e. The molecular formula is C43H61NO10. The summed E-state index contributed by atoms with van der Waals surface area (Å²) in [6.45, 7) is 17.1. The summed E-state index contributed by atoms with van der Waals surface area (Å²) in [5, 5.41) is 10.3. The van der Waals surface area contributed by atoms with Crippen molar-refractivity contribution in [3.63, 3.8) is 0 Å². The van der Waals surface area contributed by atoms with Gasteiger partial charge in [0.1, 0.15) is 6.04 Å². The molecule has 1 saturated heterocycles. The zero-order valence-corrected chi connectivity index (χ0v) is 33.8. The number of hydrogen-bond donors (Lipinski definition) is 1. The first kappa shape index (κ1) is 39.0. The fourth-order valence-electron chi connectivity index (χ4n) is 13.5. The highest BCUT2D eigenvalue weighted by Crippen LogP contribution is 2.75. The fourth-order valence-corrected chi connectivity index (χ4v) is 13.5. The van der Waals surface area contributed by atoms with Crippen molar-refractivity contribution in [3.8, 4) is 0 Å². The molecule has 0 radical (unpaired) electrons. The molecule has 11 atom stereocenters. The van der Waals surface area contributed by atoms with Gasteiger partial charge in [0.05, 0.1) is 17.9 Å². The maximum atomic E-state index is 15.0. The van der Waals surface area contributed by atoms with Crippen molar-refractivity contribution in [1.82, 2.24) is 4.90 Å². The third-order valence-corrected chi connectivity index (χ3v) is 16.9. The first-order valence-electron chi connectivity index (χ1n) is 20.3. The topological polar surface area (TPSA) is 154 Å². The molecule has 5 aliphatic carbocycles. The van der Waals surface area contributed by atoms with Crippen LogP contribution in [-0.4, -0.2) is 59.4 Å². The number of esters is 2. The van der Waals surface area contributed by atoms with Gasteiger partial charge >= 0.3 is 23.7 Å². The van der Waals surface area contributed by atoms with Gasteiger partial charge in [-0.05, 0) is 131 Å². The van der Waals surface area contributed by atoms with Gasteiger partial charge in [-0.1, -0.05) is 47.1 Å². The molecule has 7 rings (SSSR count). The summed E-state index contributed by atoms with van der Waals surface area (Å²) < 4.78 is 22.0. The summed E-state index contributed by atoms with van der Waals surface area (Å²) in [7, 11) is 1.40. The average molecular weight is 752 g/mol. The summed E-state index contributed by atoms with van der Waals surface area (Å²) in [6.07, 6.45) is 9.99. The SMILES string of the molecule is COC(=O)[C@@H]1CCCN1[C@H]1CC[C@@]2(C)C(CC[C@]3(C)[C@@H]2C(=O)C=C2[C@@H]4C[C@@](C)(C(=O)O)CC[C@]4(C)CC[C@]23C)[C@]1(C)C(=O)OCc1oc(=O)oc1C(C)C. The molecule has 11 nitrogen and oxygen atoms in total. The lowest BCUT2D eigenvalue weighted by Gasteiger charge is -2.70. The Morgan fingerprint density at radius 2 is 1.65 bits per heavy atom. The van der Waals surface area contributed by atoms with Crippen LogP contribution >= 0.6 is 0 Å². The Bertz CT molecular complexity index is 1820. The lowest BCUT2D eigenvalue weighted by atomic mass is 9.33. The normalized spacial score (nSPS) is 43.3. The van der Waals surface area contributed by atoms with E-state index in [-0.39, 0.29) is 64.7 Å². The van der Waals surface area contributed by atoms with E-state index in [0.29, 0.717) is 50.8 Å². The zero-order valence-electron chi connectivity index (χ0n) is 33.8. The lowest BCUT2D eigenvalue weighted by Crippen LogP contribution is -2.70. The summed E-state index contributed by atoms with van der Waals surface area (Å²) in [6, 6.07) is -0.819. The molecule has 11 heteroatoms. The number of fused-ring (bicyclic) bond motifs is 7. The van der Waals surface area contributed by atoms with Gasteiger partial charge in [-0.25, -0.2) is 4.79 Å². The van der Waals surface area contributed by atoms with E-state index in [4.69, 9.17) is 18.3 Å². The highest BCUT2D eigenvalue weighted by molar-refractivity contribution is 5.96. The number of nitrogens with zero attached hydrogens (tertiary/aromatic N) is 1. The second kappa shape index (κ2) is 12.9.